The second-order valence-electron chi connectivity index (χ2n) is 5.45. The molecule has 0 saturated heterocycles. The van der Waals surface area contributed by atoms with Gasteiger partial charge in [-0.3, -0.25) is 4.79 Å². The van der Waals surface area contributed by atoms with Gasteiger partial charge in [0.1, 0.15) is 11.9 Å². The minimum Gasteiger partial charge on any atom is -0.480 e. The van der Waals surface area contributed by atoms with Crippen LogP contribution >= 0.6 is 0 Å². The lowest BCUT2D eigenvalue weighted by Crippen LogP contribution is -2.16. The fraction of sp³-hybridized carbons (Fsp3) is 0.167. The fourth-order valence-electron chi connectivity index (χ4n) is 2.61. The summed E-state index contributed by atoms with van der Waals surface area (Å²) in [6.07, 6.45) is 0. The van der Waals surface area contributed by atoms with E-state index in [0.29, 0.717) is 22.4 Å². The summed E-state index contributed by atoms with van der Waals surface area (Å²) >= 11 is 0. The molecular formula is C18H16N2O3. The number of benzene rings is 2. The third-order valence-corrected chi connectivity index (χ3v) is 3.87. The Hall–Kier alpha value is -2.95. The molecule has 1 atom stereocenters. The Labute approximate surface area is 133 Å². The van der Waals surface area contributed by atoms with Gasteiger partial charge < -0.3 is 9.67 Å². The van der Waals surface area contributed by atoms with Crippen LogP contribution in [0, 0.1) is 0 Å². The second kappa shape index (κ2) is 5.68. The predicted octanol–water partition coefficient (Wildman–Crippen LogP) is 3.55. The number of Topliss-reactive ketones (excluding diaryl/α,β-unsaturated/α-hetero) is 1. The molecule has 3 rings (SSSR count). The van der Waals surface area contributed by atoms with Crippen LogP contribution in [-0.2, 0) is 4.79 Å². The number of imidazole rings is 1. The predicted molar refractivity (Wildman–Crippen MR) is 87.5 cm³/mol. The lowest BCUT2D eigenvalue weighted by molar-refractivity contribution is -0.140. The molecule has 5 heteroatoms. The summed E-state index contributed by atoms with van der Waals surface area (Å²) in [4.78, 5) is 27.6. The number of rotatable bonds is 4. The minimum absolute atomic E-state index is 0.0472. The normalized spacial score (nSPS) is 12.3. The maximum absolute atomic E-state index is 11.6. The largest absolute Gasteiger partial charge is 0.480 e. The lowest BCUT2D eigenvalue weighted by Gasteiger charge is -2.13. The summed E-state index contributed by atoms with van der Waals surface area (Å²) in [6.45, 7) is 3.12. The molecule has 0 fully saturated rings. The van der Waals surface area contributed by atoms with Crippen molar-refractivity contribution in [3.63, 3.8) is 0 Å². The van der Waals surface area contributed by atoms with Crippen LogP contribution in [0.4, 0.5) is 0 Å². The smallest absolute Gasteiger partial charge is 0.326 e. The zero-order valence-electron chi connectivity index (χ0n) is 12.9. The molecule has 0 radical (unpaired) electrons. The lowest BCUT2D eigenvalue weighted by atomic mass is 10.1. The molecule has 1 aromatic heterocycles. The van der Waals surface area contributed by atoms with Gasteiger partial charge in [-0.15, -0.1) is 0 Å². The van der Waals surface area contributed by atoms with Crippen LogP contribution in [0.2, 0.25) is 0 Å². The number of hydrogen-bond acceptors (Lipinski definition) is 3. The van der Waals surface area contributed by atoms with Gasteiger partial charge in [0.05, 0.1) is 11.0 Å². The van der Waals surface area contributed by atoms with E-state index >= 15 is 0 Å². The van der Waals surface area contributed by atoms with E-state index in [9.17, 15) is 14.7 Å². The van der Waals surface area contributed by atoms with E-state index in [0.717, 1.165) is 5.56 Å². The summed E-state index contributed by atoms with van der Waals surface area (Å²) in [6, 6.07) is 13.8. The molecule has 0 bridgehead atoms. The van der Waals surface area contributed by atoms with Gasteiger partial charge in [0.25, 0.3) is 0 Å². The first-order valence-electron chi connectivity index (χ1n) is 7.30. The molecule has 0 aliphatic carbocycles. The first-order chi connectivity index (χ1) is 11.0. The van der Waals surface area contributed by atoms with Crippen LogP contribution in [-0.4, -0.2) is 26.4 Å². The molecule has 23 heavy (non-hydrogen) atoms. The number of ketones is 1. The summed E-state index contributed by atoms with van der Waals surface area (Å²) < 4.78 is 1.69. The number of carbonyl (C=O) groups excluding carboxylic acids is 1. The number of carbonyl (C=O) groups is 2. The molecule has 116 valence electrons. The van der Waals surface area contributed by atoms with E-state index in [-0.39, 0.29) is 5.78 Å². The number of aromatic nitrogens is 2. The van der Waals surface area contributed by atoms with E-state index in [1.54, 1.807) is 29.7 Å². The zero-order chi connectivity index (χ0) is 16.6. The highest BCUT2D eigenvalue weighted by Gasteiger charge is 2.22. The number of nitrogens with zero attached hydrogens (tertiary/aromatic N) is 2. The molecular weight excluding hydrogens is 292 g/mol. The van der Waals surface area contributed by atoms with Crippen molar-refractivity contribution in [1.29, 1.82) is 0 Å². The summed E-state index contributed by atoms with van der Waals surface area (Å²) in [5.41, 5.74) is 2.71. The third kappa shape index (κ3) is 2.61. The number of carboxylic acid groups (broad SMARTS) is 1. The summed E-state index contributed by atoms with van der Waals surface area (Å²) in [5.74, 6) is -0.401. The Bertz CT molecular complexity index is 897. The van der Waals surface area contributed by atoms with E-state index in [4.69, 9.17) is 0 Å². The van der Waals surface area contributed by atoms with Crippen molar-refractivity contribution < 1.29 is 14.7 Å². The topological polar surface area (TPSA) is 72.2 Å². The van der Waals surface area contributed by atoms with Gasteiger partial charge >= 0.3 is 5.97 Å². The van der Waals surface area contributed by atoms with Crippen molar-refractivity contribution in [2.24, 2.45) is 0 Å². The SMILES string of the molecule is CC(=O)c1ccc2c(c1)nc(-c1ccccc1)n2C(C)C(=O)O. The quantitative estimate of drug-likeness (QED) is 0.748. The van der Waals surface area contributed by atoms with Crippen molar-refractivity contribution >= 4 is 22.8 Å². The van der Waals surface area contributed by atoms with Gasteiger partial charge in [-0.1, -0.05) is 30.3 Å². The van der Waals surface area contributed by atoms with Crippen molar-refractivity contribution in [3.8, 4) is 11.4 Å². The first kappa shape index (κ1) is 15.0. The summed E-state index contributed by atoms with van der Waals surface area (Å²) in [7, 11) is 0. The van der Waals surface area contributed by atoms with Gasteiger partial charge in [-0.05, 0) is 32.0 Å². The zero-order valence-corrected chi connectivity index (χ0v) is 12.9. The molecule has 0 spiro atoms. The standard InChI is InChI=1S/C18H16N2O3/c1-11(18(22)23)20-16-9-8-14(12(2)21)10-15(16)19-17(20)13-6-4-3-5-7-13/h3-11H,1-2H3,(H,22,23). The van der Waals surface area contributed by atoms with Crippen molar-refractivity contribution in [3.05, 3.63) is 54.1 Å². The van der Waals surface area contributed by atoms with E-state index < -0.39 is 12.0 Å². The Morgan fingerprint density at radius 1 is 1.13 bits per heavy atom. The van der Waals surface area contributed by atoms with Crippen molar-refractivity contribution in [1.82, 2.24) is 9.55 Å². The van der Waals surface area contributed by atoms with Crippen LogP contribution in [0.3, 0.4) is 0 Å². The van der Waals surface area contributed by atoms with Crippen LogP contribution in [0.15, 0.2) is 48.5 Å². The highest BCUT2D eigenvalue weighted by atomic mass is 16.4. The number of fused-ring (bicyclic) bond motifs is 1. The molecule has 0 aliphatic heterocycles. The molecule has 3 aromatic rings. The third-order valence-electron chi connectivity index (χ3n) is 3.87. The van der Waals surface area contributed by atoms with Crippen LogP contribution in [0.5, 0.6) is 0 Å². The van der Waals surface area contributed by atoms with E-state index in [1.807, 2.05) is 30.3 Å². The van der Waals surface area contributed by atoms with Crippen LogP contribution < -0.4 is 0 Å². The molecule has 0 amide bonds. The highest BCUT2D eigenvalue weighted by molar-refractivity contribution is 5.98. The van der Waals surface area contributed by atoms with Gasteiger partial charge in [-0.2, -0.15) is 0 Å². The van der Waals surface area contributed by atoms with Crippen LogP contribution in [0.1, 0.15) is 30.2 Å². The van der Waals surface area contributed by atoms with Gasteiger partial charge in [0.15, 0.2) is 5.78 Å². The number of aliphatic carboxylic acids is 1. The monoisotopic (exact) mass is 308 g/mol. The molecule has 1 N–H and O–H groups in total. The Morgan fingerprint density at radius 3 is 2.43 bits per heavy atom. The highest BCUT2D eigenvalue weighted by Crippen LogP contribution is 2.29. The molecule has 2 aromatic carbocycles. The maximum Gasteiger partial charge on any atom is 0.326 e. The van der Waals surface area contributed by atoms with Crippen molar-refractivity contribution in [2.45, 2.75) is 19.9 Å². The Kier molecular flexibility index (Phi) is 3.70. The Morgan fingerprint density at radius 2 is 1.83 bits per heavy atom. The van der Waals surface area contributed by atoms with Crippen molar-refractivity contribution in [2.75, 3.05) is 0 Å². The fourth-order valence-corrected chi connectivity index (χ4v) is 2.61. The number of carboxylic acids is 1. The molecule has 1 unspecified atom stereocenters. The second-order valence-corrected chi connectivity index (χ2v) is 5.45. The molecule has 0 saturated carbocycles. The maximum atomic E-state index is 11.6. The molecule has 1 heterocycles. The first-order valence-corrected chi connectivity index (χ1v) is 7.30. The van der Waals surface area contributed by atoms with Gasteiger partial charge in [-0.25, -0.2) is 9.78 Å². The van der Waals surface area contributed by atoms with Gasteiger partial charge in [0.2, 0.25) is 0 Å². The molecule has 5 nitrogen and oxygen atoms in total. The Balaban J connectivity index is 2.31. The van der Waals surface area contributed by atoms with E-state index in [1.165, 1.54) is 6.92 Å². The summed E-state index contributed by atoms with van der Waals surface area (Å²) in [5, 5.41) is 9.42. The van der Waals surface area contributed by atoms with Crippen LogP contribution in [0.25, 0.3) is 22.4 Å². The minimum atomic E-state index is -0.933. The molecule has 0 aliphatic rings. The average molecular weight is 308 g/mol. The number of hydrogen-bond donors (Lipinski definition) is 1. The van der Waals surface area contributed by atoms with E-state index in [2.05, 4.69) is 4.98 Å². The average Bonchev–Trinajstić information content (AvgIpc) is 2.93. The van der Waals surface area contributed by atoms with Gasteiger partial charge in [0, 0.05) is 11.1 Å².